The average molecular weight is 437 g/mol. The van der Waals surface area contributed by atoms with Crippen molar-refractivity contribution in [1.29, 1.82) is 0 Å². The smallest absolute Gasteiger partial charge is 0.280 e. The maximum Gasteiger partial charge on any atom is 0.280 e. The summed E-state index contributed by atoms with van der Waals surface area (Å²) in [7, 11) is 0. The van der Waals surface area contributed by atoms with Crippen molar-refractivity contribution in [2.75, 3.05) is 19.6 Å². The van der Waals surface area contributed by atoms with Crippen LogP contribution in [0.4, 0.5) is 4.39 Å². The molecule has 2 amide bonds. The number of likely N-dealkylation sites (tertiary alicyclic amines) is 1. The van der Waals surface area contributed by atoms with Gasteiger partial charge in [-0.1, -0.05) is 60.7 Å². The lowest BCUT2D eigenvalue weighted by molar-refractivity contribution is -0.137. The van der Waals surface area contributed by atoms with Gasteiger partial charge in [0.25, 0.3) is 5.91 Å². The van der Waals surface area contributed by atoms with Gasteiger partial charge in [0.15, 0.2) is 5.83 Å². The number of carbonyl (C=O) groups is 2. The highest BCUT2D eigenvalue weighted by atomic mass is 19.1. The quantitative estimate of drug-likeness (QED) is 0.699. The Hall–Kier alpha value is -2.99. The molecular weight excluding hydrogens is 407 g/mol. The van der Waals surface area contributed by atoms with Crippen molar-refractivity contribution in [2.24, 2.45) is 0 Å². The van der Waals surface area contributed by atoms with E-state index in [9.17, 15) is 14.0 Å². The maximum absolute atomic E-state index is 14.1. The van der Waals surface area contributed by atoms with Crippen LogP contribution in [0.25, 0.3) is 6.08 Å². The number of benzene rings is 2. The topological polar surface area (TPSA) is 58.6 Å². The molecule has 2 fully saturated rings. The summed E-state index contributed by atoms with van der Waals surface area (Å²) in [6.45, 7) is 1.64. The number of amides is 2. The zero-order chi connectivity index (χ0) is 22.4. The van der Waals surface area contributed by atoms with E-state index >= 15 is 0 Å². The van der Waals surface area contributed by atoms with Gasteiger partial charge in [0.05, 0.1) is 18.1 Å². The molecule has 1 spiro atoms. The summed E-state index contributed by atoms with van der Waals surface area (Å²) < 4.78 is 20.4. The third-order valence-electron chi connectivity index (χ3n) is 6.36. The Kier molecular flexibility index (Phi) is 7.00. The van der Waals surface area contributed by atoms with Crippen LogP contribution in [0.2, 0.25) is 0 Å². The van der Waals surface area contributed by atoms with Crippen LogP contribution < -0.4 is 5.32 Å². The SMILES string of the molecule is O=C(NCC1CCC2(CCN(C(=O)Cc3ccccc3)CC2)O1)/C(F)=C/c1ccccc1. The lowest BCUT2D eigenvalue weighted by atomic mass is 9.88. The molecule has 1 N–H and O–H groups in total. The van der Waals surface area contributed by atoms with Crippen molar-refractivity contribution in [3.63, 3.8) is 0 Å². The fraction of sp³-hybridized carbons (Fsp3) is 0.385. The van der Waals surface area contributed by atoms with Gasteiger partial charge >= 0.3 is 0 Å². The molecule has 0 saturated carbocycles. The van der Waals surface area contributed by atoms with Crippen molar-refractivity contribution < 1.29 is 18.7 Å². The Bertz CT molecular complexity index is 954. The Morgan fingerprint density at radius 1 is 1.03 bits per heavy atom. The number of hydrogen-bond donors (Lipinski definition) is 1. The second-order valence-corrected chi connectivity index (χ2v) is 8.62. The molecule has 2 aromatic rings. The van der Waals surface area contributed by atoms with E-state index in [0.29, 0.717) is 25.1 Å². The number of rotatable bonds is 6. The Labute approximate surface area is 188 Å². The zero-order valence-corrected chi connectivity index (χ0v) is 18.1. The number of nitrogens with one attached hydrogen (secondary N) is 1. The van der Waals surface area contributed by atoms with Gasteiger partial charge in [0.2, 0.25) is 5.91 Å². The van der Waals surface area contributed by atoms with Gasteiger partial charge in [-0.2, -0.15) is 0 Å². The van der Waals surface area contributed by atoms with E-state index in [1.54, 1.807) is 24.3 Å². The van der Waals surface area contributed by atoms with E-state index in [4.69, 9.17) is 4.74 Å². The summed E-state index contributed by atoms with van der Waals surface area (Å²) in [6, 6.07) is 18.7. The van der Waals surface area contributed by atoms with E-state index in [0.717, 1.165) is 31.2 Å². The lowest BCUT2D eigenvalue weighted by Gasteiger charge is -2.39. The normalized spacial score (nSPS) is 20.3. The molecule has 32 heavy (non-hydrogen) atoms. The van der Waals surface area contributed by atoms with Gasteiger partial charge in [0.1, 0.15) is 0 Å². The van der Waals surface area contributed by atoms with Crippen LogP contribution in [-0.4, -0.2) is 48.1 Å². The number of hydrogen-bond acceptors (Lipinski definition) is 3. The van der Waals surface area contributed by atoms with E-state index < -0.39 is 11.7 Å². The van der Waals surface area contributed by atoms with Crippen LogP contribution in [0, 0.1) is 0 Å². The fourth-order valence-corrected chi connectivity index (χ4v) is 4.51. The number of piperidine rings is 1. The predicted octanol–water partition coefficient (Wildman–Crippen LogP) is 3.90. The summed E-state index contributed by atoms with van der Waals surface area (Å²) in [5, 5.41) is 2.65. The number of carbonyl (C=O) groups excluding carboxylic acids is 2. The summed E-state index contributed by atoms with van der Waals surface area (Å²) in [5.74, 6) is -1.39. The molecule has 1 atom stereocenters. The van der Waals surface area contributed by atoms with Gasteiger partial charge in [-0.3, -0.25) is 9.59 Å². The van der Waals surface area contributed by atoms with Crippen molar-refractivity contribution in [2.45, 2.75) is 43.8 Å². The fourth-order valence-electron chi connectivity index (χ4n) is 4.51. The van der Waals surface area contributed by atoms with Crippen LogP contribution >= 0.6 is 0 Å². The number of ether oxygens (including phenoxy) is 1. The highest BCUT2D eigenvalue weighted by molar-refractivity contribution is 5.95. The molecule has 2 saturated heterocycles. The minimum atomic E-state index is -0.811. The molecule has 0 aromatic heterocycles. The Balaban J connectivity index is 1.22. The summed E-state index contributed by atoms with van der Waals surface area (Å²) in [5.41, 5.74) is 1.43. The molecule has 1 unspecified atom stereocenters. The first-order chi connectivity index (χ1) is 15.5. The molecule has 2 aliphatic rings. The molecule has 5 nitrogen and oxygen atoms in total. The highest BCUT2D eigenvalue weighted by Crippen LogP contribution is 2.38. The van der Waals surface area contributed by atoms with Crippen LogP contribution in [0.3, 0.4) is 0 Å². The second kappa shape index (κ2) is 10.1. The first-order valence-corrected chi connectivity index (χ1v) is 11.2. The van der Waals surface area contributed by atoms with Crippen LogP contribution in [-0.2, 0) is 20.7 Å². The van der Waals surface area contributed by atoms with E-state index in [1.165, 1.54) is 6.08 Å². The van der Waals surface area contributed by atoms with Crippen LogP contribution in [0.1, 0.15) is 36.8 Å². The maximum atomic E-state index is 14.1. The Morgan fingerprint density at radius 2 is 1.69 bits per heavy atom. The van der Waals surface area contributed by atoms with Crippen LogP contribution in [0.15, 0.2) is 66.5 Å². The van der Waals surface area contributed by atoms with Crippen molar-refractivity contribution in [1.82, 2.24) is 10.2 Å². The molecule has 4 rings (SSSR count). The first kappa shape index (κ1) is 22.2. The largest absolute Gasteiger partial charge is 0.370 e. The van der Waals surface area contributed by atoms with Gasteiger partial charge in [0, 0.05) is 19.6 Å². The molecule has 6 heteroatoms. The minimum Gasteiger partial charge on any atom is -0.370 e. The molecule has 2 aromatic carbocycles. The summed E-state index contributed by atoms with van der Waals surface area (Å²) >= 11 is 0. The molecule has 168 valence electrons. The van der Waals surface area contributed by atoms with E-state index in [-0.39, 0.29) is 24.2 Å². The van der Waals surface area contributed by atoms with Crippen molar-refractivity contribution in [3.8, 4) is 0 Å². The summed E-state index contributed by atoms with van der Waals surface area (Å²) in [6.07, 6.45) is 4.83. The van der Waals surface area contributed by atoms with Gasteiger partial charge in [-0.15, -0.1) is 0 Å². The predicted molar refractivity (Wildman–Crippen MR) is 121 cm³/mol. The molecule has 0 radical (unpaired) electrons. The molecule has 2 aliphatic heterocycles. The van der Waals surface area contributed by atoms with Gasteiger partial charge < -0.3 is 15.0 Å². The lowest BCUT2D eigenvalue weighted by Crippen LogP contribution is -2.47. The second-order valence-electron chi connectivity index (χ2n) is 8.62. The molecule has 0 aliphatic carbocycles. The zero-order valence-electron chi connectivity index (χ0n) is 18.1. The minimum absolute atomic E-state index is 0.130. The molecule has 2 heterocycles. The van der Waals surface area contributed by atoms with E-state index in [2.05, 4.69) is 5.32 Å². The number of halogens is 1. The third-order valence-corrected chi connectivity index (χ3v) is 6.36. The monoisotopic (exact) mass is 436 g/mol. The standard InChI is InChI=1S/C26H29FN2O3/c27-23(17-20-7-3-1-4-8-20)25(31)28-19-22-11-12-26(32-22)13-15-29(16-14-26)24(30)18-21-9-5-2-6-10-21/h1-10,17,22H,11-16,18-19H2,(H,28,31)/b23-17-. The summed E-state index contributed by atoms with van der Waals surface area (Å²) in [4.78, 5) is 26.6. The first-order valence-electron chi connectivity index (χ1n) is 11.2. The van der Waals surface area contributed by atoms with Crippen molar-refractivity contribution >= 4 is 17.9 Å². The highest BCUT2D eigenvalue weighted by Gasteiger charge is 2.43. The molecular formula is C26H29FN2O3. The van der Waals surface area contributed by atoms with Gasteiger partial charge in [-0.05, 0) is 42.9 Å². The van der Waals surface area contributed by atoms with Gasteiger partial charge in [-0.25, -0.2) is 4.39 Å². The third kappa shape index (κ3) is 5.62. The number of nitrogens with zero attached hydrogens (tertiary/aromatic N) is 1. The van der Waals surface area contributed by atoms with E-state index in [1.807, 2.05) is 41.3 Å². The van der Waals surface area contributed by atoms with Crippen molar-refractivity contribution in [3.05, 3.63) is 77.6 Å². The Morgan fingerprint density at radius 3 is 2.38 bits per heavy atom. The van der Waals surface area contributed by atoms with Crippen LogP contribution in [0.5, 0.6) is 0 Å². The molecule has 0 bridgehead atoms. The average Bonchev–Trinajstić information content (AvgIpc) is 3.21.